The van der Waals surface area contributed by atoms with Crippen LogP contribution in [0.4, 0.5) is 0 Å². The van der Waals surface area contributed by atoms with Crippen molar-refractivity contribution in [3.63, 3.8) is 0 Å². The Hall–Kier alpha value is -4.11. The van der Waals surface area contributed by atoms with E-state index in [1.807, 2.05) is 0 Å². The molecule has 0 radical (unpaired) electrons. The summed E-state index contributed by atoms with van der Waals surface area (Å²) in [5.41, 5.74) is 5.40. The second-order valence-electron chi connectivity index (χ2n) is 24.8. The van der Waals surface area contributed by atoms with Gasteiger partial charge in [-0.05, 0) is 103 Å². The maximum Gasteiger partial charge on any atom is 0.472 e. The van der Waals surface area contributed by atoms with Crippen molar-refractivity contribution in [1.82, 2.24) is 0 Å². The summed E-state index contributed by atoms with van der Waals surface area (Å²) in [6.45, 7) is 3.61. The summed E-state index contributed by atoms with van der Waals surface area (Å²) in [6, 6.07) is 0. The molecule has 0 rings (SSSR count). The molecule has 0 aromatic carbocycles. The lowest BCUT2D eigenvalue weighted by molar-refractivity contribution is -0.161. The Bertz CT molecular complexity index is 2020. The van der Waals surface area contributed by atoms with E-state index in [1.54, 1.807) is 0 Å². The van der Waals surface area contributed by atoms with Gasteiger partial charge in [0.1, 0.15) is 6.61 Å². The SMILES string of the molecule is CC/C=C\C/C=C\C/C=C\C/C=C\C/C=C\C/C=C\C/C=C\C/C=C\C/C=C\C/C=C\C/C=C\C/C=C\CCCCC(=O)OC(COC(=O)CCCCCCCCCCCCCCCCCCCCCCCCCCCCCCCCCC)COP(=O)(O)OCCN. The third-order valence-corrected chi connectivity index (χ3v) is 17.0. The normalized spacial score (nSPS) is 13.7. The summed E-state index contributed by atoms with van der Waals surface area (Å²) < 4.78 is 33.2. The molecule has 3 N–H and O–H groups in total. The first kappa shape index (κ1) is 87.9. The molecule has 9 nitrogen and oxygen atoms in total. The van der Waals surface area contributed by atoms with Crippen molar-refractivity contribution in [3.8, 4) is 0 Å². The average molecular weight is 1300 g/mol. The molecule has 0 fully saturated rings. The molecule has 2 unspecified atom stereocenters. The molecule has 0 aromatic heterocycles. The van der Waals surface area contributed by atoms with Crippen LogP contribution in [0.3, 0.4) is 0 Å². The number of carbonyl (C=O) groups is 2. The predicted molar refractivity (Wildman–Crippen MR) is 399 cm³/mol. The summed E-state index contributed by atoms with van der Waals surface area (Å²) >= 11 is 0. The lowest BCUT2D eigenvalue weighted by Gasteiger charge is -2.19. The van der Waals surface area contributed by atoms with Gasteiger partial charge in [0, 0.05) is 19.4 Å². The van der Waals surface area contributed by atoms with Gasteiger partial charge in [-0.2, -0.15) is 0 Å². The van der Waals surface area contributed by atoms with E-state index in [9.17, 15) is 19.0 Å². The van der Waals surface area contributed by atoms with Crippen LogP contribution in [0.5, 0.6) is 0 Å². The van der Waals surface area contributed by atoms with Crippen molar-refractivity contribution in [2.24, 2.45) is 5.73 Å². The fourth-order valence-electron chi connectivity index (χ4n) is 10.4. The first-order chi connectivity index (χ1) is 45.3. The number of carbonyl (C=O) groups excluding carboxylic acids is 2. The highest BCUT2D eigenvalue weighted by Gasteiger charge is 2.26. The second kappa shape index (κ2) is 75.9. The summed E-state index contributed by atoms with van der Waals surface area (Å²) in [7, 11) is -4.42. The largest absolute Gasteiger partial charge is 0.472 e. The third-order valence-electron chi connectivity index (χ3n) is 16.0. The van der Waals surface area contributed by atoms with Gasteiger partial charge in [0.15, 0.2) is 6.10 Å². The molecule has 2 atom stereocenters. The minimum Gasteiger partial charge on any atom is -0.462 e. The van der Waals surface area contributed by atoms with Crippen LogP contribution in [0.15, 0.2) is 146 Å². The van der Waals surface area contributed by atoms with Crippen LogP contribution in [0.1, 0.15) is 328 Å². The summed E-state index contributed by atoms with van der Waals surface area (Å²) in [4.78, 5) is 35.4. The van der Waals surface area contributed by atoms with Gasteiger partial charge in [0.2, 0.25) is 0 Å². The molecule has 0 saturated carbocycles. The number of nitrogens with two attached hydrogens (primary N) is 1. The number of allylic oxidation sites excluding steroid dienone is 24. The van der Waals surface area contributed by atoms with Gasteiger partial charge in [0.25, 0.3) is 0 Å². The Balaban J connectivity index is 3.97. The van der Waals surface area contributed by atoms with Crippen LogP contribution in [-0.2, 0) is 32.7 Å². The van der Waals surface area contributed by atoms with Crippen LogP contribution < -0.4 is 5.73 Å². The third kappa shape index (κ3) is 74.9. The highest BCUT2D eigenvalue weighted by atomic mass is 31.2. The van der Waals surface area contributed by atoms with Crippen LogP contribution >= 0.6 is 7.82 Å². The Morgan fingerprint density at radius 2 is 0.598 bits per heavy atom. The number of rotatable bonds is 70. The Morgan fingerprint density at radius 3 is 0.891 bits per heavy atom. The van der Waals surface area contributed by atoms with Gasteiger partial charge in [-0.15, -0.1) is 0 Å². The Labute approximate surface area is 566 Å². The van der Waals surface area contributed by atoms with Crippen LogP contribution in [0.2, 0.25) is 0 Å². The number of esters is 2. The van der Waals surface area contributed by atoms with E-state index in [0.29, 0.717) is 6.42 Å². The summed E-state index contributed by atoms with van der Waals surface area (Å²) in [6.07, 6.45) is 110. The fourth-order valence-corrected chi connectivity index (χ4v) is 11.2. The van der Waals surface area contributed by atoms with Gasteiger partial charge in [-0.1, -0.05) is 359 Å². The minimum absolute atomic E-state index is 0.0402. The van der Waals surface area contributed by atoms with Crippen LogP contribution in [-0.4, -0.2) is 49.3 Å². The molecule has 10 heteroatoms. The predicted octanol–water partition coefficient (Wildman–Crippen LogP) is 25.4. The van der Waals surface area contributed by atoms with Crippen molar-refractivity contribution in [1.29, 1.82) is 0 Å². The van der Waals surface area contributed by atoms with Gasteiger partial charge < -0.3 is 20.1 Å². The molecule has 0 aliphatic carbocycles. The van der Waals surface area contributed by atoms with E-state index >= 15 is 0 Å². The molecule has 92 heavy (non-hydrogen) atoms. The molecule has 0 spiro atoms. The fraction of sp³-hybridized carbons (Fsp3) is 0.683. The standard InChI is InChI=1S/C82H140NO8P/c1-3-5-7-9-11-13-15-17-19-21-23-25-27-29-31-33-35-37-38-39-40-41-42-43-45-47-49-51-53-55-57-59-61-63-65-67-69-71-73-75-82(85)91-80(79-90-92(86,87)89-77-76-83)78-88-81(84)74-72-70-68-66-64-62-60-58-56-54-52-50-48-46-44-36-34-32-30-28-26-24-22-20-18-16-14-12-10-8-6-4-2/h5,7,11,13,17,19,23,25,29,31,35,37,39-40,42-43,47,49,53,55,59,61,65,67,80H,3-4,6,8-10,12,14-16,18,20-22,24,26-28,30,32-34,36,38,41,44-46,48,50-52,54,56-58,60,62-64,66,68-79,83H2,1-2H3,(H,86,87)/b7-5-,13-11-,19-17-,25-23-,31-29-,37-35-,40-39-,43-42-,49-47-,55-53-,61-59-,67-65-. The zero-order valence-corrected chi connectivity index (χ0v) is 60.1. The van der Waals surface area contributed by atoms with E-state index in [-0.39, 0.29) is 32.6 Å². The van der Waals surface area contributed by atoms with E-state index in [2.05, 4.69) is 160 Å². The number of ether oxygens (including phenoxy) is 2. The quantitative estimate of drug-likeness (QED) is 0.0264. The second-order valence-corrected chi connectivity index (χ2v) is 26.2. The van der Waals surface area contributed by atoms with Crippen molar-refractivity contribution < 1.29 is 37.6 Å². The van der Waals surface area contributed by atoms with Crippen molar-refractivity contribution >= 4 is 19.8 Å². The molecule has 0 bridgehead atoms. The first-order valence-corrected chi connectivity index (χ1v) is 39.3. The van der Waals surface area contributed by atoms with Gasteiger partial charge in [0.05, 0.1) is 13.2 Å². The Morgan fingerprint density at radius 1 is 0.337 bits per heavy atom. The van der Waals surface area contributed by atoms with Crippen molar-refractivity contribution in [2.45, 2.75) is 335 Å². The lowest BCUT2D eigenvalue weighted by Crippen LogP contribution is -2.29. The molecule has 0 saturated heterocycles. The number of hydrogen-bond acceptors (Lipinski definition) is 8. The van der Waals surface area contributed by atoms with E-state index in [0.717, 1.165) is 109 Å². The highest BCUT2D eigenvalue weighted by molar-refractivity contribution is 7.47. The average Bonchev–Trinajstić information content (AvgIpc) is 3.08. The zero-order chi connectivity index (χ0) is 66.5. The molecule has 526 valence electrons. The number of hydrogen-bond donors (Lipinski definition) is 2. The maximum atomic E-state index is 12.8. The van der Waals surface area contributed by atoms with E-state index in [1.165, 1.54) is 186 Å². The summed E-state index contributed by atoms with van der Waals surface area (Å²) in [5, 5.41) is 0. The molecular formula is C82H140NO8P. The van der Waals surface area contributed by atoms with E-state index < -0.39 is 32.5 Å². The van der Waals surface area contributed by atoms with Gasteiger partial charge >= 0.3 is 19.8 Å². The number of unbranched alkanes of at least 4 members (excludes halogenated alkanes) is 33. The number of phosphoric acid groups is 1. The zero-order valence-electron chi connectivity index (χ0n) is 59.2. The topological polar surface area (TPSA) is 134 Å². The number of phosphoric ester groups is 1. The maximum absolute atomic E-state index is 12.8. The minimum atomic E-state index is -4.42. The molecule has 0 amide bonds. The van der Waals surface area contributed by atoms with Gasteiger partial charge in [-0.25, -0.2) is 4.57 Å². The smallest absolute Gasteiger partial charge is 0.462 e. The monoisotopic (exact) mass is 1300 g/mol. The molecule has 0 aliphatic heterocycles. The van der Waals surface area contributed by atoms with Crippen molar-refractivity contribution in [2.75, 3.05) is 26.4 Å². The first-order valence-electron chi connectivity index (χ1n) is 37.8. The van der Waals surface area contributed by atoms with E-state index in [4.69, 9.17) is 24.3 Å². The van der Waals surface area contributed by atoms with Crippen LogP contribution in [0, 0.1) is 0 Å². The summed E-state index contributed by atoms with van der Waals surface area (Å²) in [5.74, 6) is -0.876. The van der Waals surface area contributed by atoms with Gasteiger partial charge in [-0.3, -0.25) is 18.6 Å². The Kier molecular flexibility index (Phi) is 72.5. The molecule has 0 heterocycles. The molecule has 0 aromatic rings. The lowest BCUT2D eigenvalue weighted by atomic mass is 10.0. The van der Waals surface area contributed by atoms with Crippen molar-refractivity contribution in [3.05, 3.63) is 146 Å². The molecule has 0 aliphatic rings. The molecular weight excluding hydrogens is 1160 g/mol. The highest BCUT2D eigenvalue weighted by Crippen LogP contribution is 2.43. The van der Waals surface area contributed by atoms with Crippen LogP contribution in [0.25, 0.3) is 0 Å².